The normalized spacial score (nSPS) is 10.3. The van der Waals surface area contributed by atoms with Crippen LogP contribution >= 0.6 is 0 Å². The molecular weight excluding hydrogens is 276 g/mol. The number of rotatable bonds is 5. The third-order valence-corrected chi connectivity index (χ3v) is 2.16. The molecule has 0 aromatic carbocycles. The SMILES string of the molecule is C=C(C)C(=O)OC.C=C(C)C(=O)OC(CC)=C(C)C(=O)O. The highest BCUT2D eigenvalue weighted by Crippen LogP contribution is 2.12. The summed E-state index contributed by atoms with van der Waals surface area (Å²) in [6, 6.07) is 0. The van der Waals surface area contributed by atoms with Gasteiger partial charge in [0.1, 0.15) is 5.76 Å². The fraction of sp³-hybridized carbons (Fsp3) is 0.400. The Labute approximate surface area is 124 Å². The molecule has 6 heteroatoms. The summed E-state index contributed by atoms with van der Waals surface area (Å²) in [5, 5.41) is 8.66. The second-order valence-corrected chi connectivity index (χ2v) is 4.15. The van der Waals surface area contributed by atoms with Crippen molar-refractivity contribution >= 4 is 17.9 Å². The molecule has 0 bridgehead atoms. The van der Waals surface area contributed by atoms with E-state index in [0.29, 0.717) is 12.0 Å². The lowest BCUT2D eigenvalue weighted by molar-refractivity contribution is -0.137. The quantitative estimate of drug-likeness (QED) is 0.476. The maximum atomic E-state index is 11.1. The van der Waals surface area contributed by atoms with Crippen molar-refractivity contribution in [1.29, 1.82) is 0 Å². The molecule has 0 spiro atoms. The standard InChI is InChI=1S/C10H14O4.C5H8O2/c1-5-8(7(4)9(11)12)14-10(13)6(2)3;1-4(2)5(6)7-3/h2,5H2,1,3-4H3,(H,11,12);1H2,2-3H3. The molecule has 118 valence electrons. The van der Waals surface area contributed by atoms with Crippen LogP contribution < -0.4 is 0 Å². The van der Waals surface area contributed by atoms with Crippen LogP contribution in [0.1, 0.15) is 34.1 Å². The van der Waals surface area contributed by atoms with Gasteiger partial charge in [-0.2, -0.15) is 0 Å². The van der Waals surface area contributed by atoms with Gasteiger partial charge in [0.2, 0.25) is 0 Å². The summed E-state index contributed by atoms with van der Waals surface area (Å²) in [4.78, 5) is 31.9. The number of hydrogen-bond donors (Lipinski definition) is 1. The summed E-state index contributed by atoms with van der Waals surface area (Å²) in [5.74, 6) is -1.86. The van der Waals surface area contributed by atoms with Gasteiger partial charge in [0.15, 0.2) is 0 Å². The van der Waals surface area contributed by atoms with Crippen LogP contribution in [0.15, 0.2) is 35.6 Å². The van der Waals surface area contributed by atoms with Crippen molar-refractivity contribution < 1.29 is 29.0 Å². The lowest BCUT2D eigenvalue weighted by Gasteiger charge is -2.08. The zero-order valence-electron chi connectivity index (χ0n) is 13.1. The Bertz CT molecular complexity index is 471. The number of methoxy groups -OCH3 is 1. The predicted molar refractivity (Wildman–Crippen MR) is 78.4 cm³/mol. The van der Waals surface area contributed by atoms with Gasteiger partial charge in [-0.05, 0) is 20.8 Å². The van der Waals surface area contributed by atoms with Crippen molar-refractivity contribution in [3.63, 3.8) is 0 Å². The molecule has 1 N–H and O–H groups in total. The lowest BCUT2D eigenvalue weighted by atomic mass is 10.2. The Morgan fingerprint density at radius 3 is 1.62 bits per heavy atom. The first-order valence-electron chi connectivity index (χ1n) is 6.12. The number of carboxylic acids is 1. The fourth-order valence-electron chi connectivity index (χ4n) is 0.906. The van der Waals surface area contributed by atoms with E-state index in [1.807, 2.05) is 0 Å². The molecule has 0 amide bonds. The Morgan fingerprint density at radius 2 is 1.43 bits per heavy atom. The number of allylic oxidation sites excluding steroid dienone is 1. The molecule has 21 heavy (non-hydrogen) atoms. The average molecular weight is 298 g/mol. The molecule has 0 atom stereocenters. The molecule has 0 fully saturated rings. The Kier molecular flexibility index (Phi) is 10.4. The zero-order valence-corrected chi connectivity index (χ0v) is 13.1. The van der Waals surface area contributed by atoms with Crippen LogP contribution in [0.5, 0.6) is 0 Å². The number of carbonyl (C=O) groups is 3. The van der Waals surface area contributed by atoms with Crippen molar-refractivity contribution in [1.82, 2.24) is 0 Å². The van der Waals surface area contributed by atoms with E-state index >= 15 is 0 Å². The monoisotopic (exact) mass is 298 g/mol. The average Bonchev–Trinajstić information content (AvgIpc) is 2.42. The zero-order chi connectivity index (χ0) is 17.2. The molecule has 0 aliphatic rings. The minimum Gasteiger partial charge on any atom is -0.478 e. The van der Waals surface area contributed by atoms with E-state index in [4.69, 9.17) is 9.84 Å². The molecule has 0 radical (unpaired) electrons. The van der Waals surface area contributed by atoms with E-state index in [-0.39, 0.29) is 22.9 Å². The van der Waals surface area contributed by atoms with Gasteiger partial charge in [-0.1, -0.05) is 20.1 Å². The third-order valence-electron chi connectivity index (χ3n) is 2.16. The second kappa shape index (κ2) is 10.4. The summed E-state index contributed by atoms with van der Waals surface area (Å²) in [5.41, 5.74) is 0.721. The van der Waals surface area contributed by atoms with Gasteiger partial charge in [-0.25, -0.2) is 14.4 Å². The summed E-state index contributed by atoms with van der Waals surface area (Å²) >= 11 is 0. The first kappa shape index (κ1) is 20.9. The molecule has 0 heterocycles. The molecule has 0 aromatic rings. The Balaban J connectivity index is 0. The van der Waals surface area contributed by atoms with Crippen LogP contribution in [0.25, 0.3) is 0 Å². The van der Waals surface area contributed by atoms with Gasteiger partial charge in [0.25, 0.3) is 0 Å². The van der Waals surface area contributed by atoms with E-state index in [9.17, 15) is 14.4 Å². The van der Waals surface area contributed by atoms with Crippen molar-refractivity contribution in [3.8, 4) is 0 Å². The van der Waals surface area contributed by atoms with Crippen molar-refractivity contribution in [2.45, 2.75) is 34.1 Å². The van der Waals surface area contributed by atoms with E-state index in [1.165, 1.54) is 21.0 Å². The van der Waals surface area contributed by atoms with Gasteiger partial charge in [-0.15, -0.1) is 0 Å². The molecule has 0 aliphatic carbocycles. The minimum absolute atomic E-state index is 0.0436. The minimum atomic E-state index is -1.09. The van der Waals surface area contributed by atoms with Crippen molar-refractivity contribution in [3.05, 3.63) is 35.6 Å². The van der Waals surface area contributed by atoms with E-state index < -0.39 is 11.9 Å². The first-order valence-corrected chi connectivity index (χ1v) is 6.12. The van der Waals surface area contributed by atoms with Crippen LogP contribution in [-0.2, 0) is 23.9 Å². The highest BCUT2D eigenvalue weighted by atomic mass is 16.5. The van der Waals surface area contributed by atoms with Crippen LogP contribution in [-0.4, -0.2) is 30.1 Å². The fourth-order valence-corrected chi connectivity index (χ4v) is 0.906. The van der Waals surface area contributed by atoms with Gasteiger partial charge in [0, 0.05) is 17.6 Å². The van der Waals surface area contributed by atoms with Crippen LogP contribution in [0.4, 0.5) is 0 Å². The van der Waals surface area contributed by atoms with Gasteiger partial charge >= 0.3 is 17.9 Å². The largest absolute Gasteiger partial charge is 0.478 e. The summed E-state index contributed by atoms with van der Waals surface area (Å²) in [6.07, 6.45) is 0.358. The number of ether oxygens (including phenoxy) is 2. The Hall–Kier alpha value is -2.37. The van der Waals surface area contributed by atoms with Crippen molar-refractivity contribution in [2.24, 2.45) is 0 Å². The maximum Gasteiger partial charge on any atom is 0.338 e. The topological polar surface area (TPSA) is 89.9 Å². The molecular formula is C15H22O6. The molecule has 0 saturated carbocycles. The number of carboxylic acid groups (broad SMARTS) is 1. The van der Waals surface area contributed by atoms with Gasteiger partial charge in [-0.3, -0.25) is 0 Å². The first-order chi connectivity index (χ1) is 9.58. The van der Waals surface area contributed by atoms with Crippen molar-refractivity contribution in [2.75, 3.05) is 7.11 Å². The highest BCUT2D eigenvalue weighted by Gasteiger charge is 2.13. The molecule has 0 rings (SSSR count). The second-order valence-electron chi connectivity index (χ2n) is 4.15. The number of esters is 2. The summed E-state index contributed by atoms with van der Waals surface area (Å²) in [6.45, 7) is 13.0. The summed E-state index contributed by atoms with van der Waals surface area (Å²) < 4.78 is 9.12. The highest BCUT2D eigenvalue weighted by molar-refractivity contribution is 5.90. The molecule has 0 saturated heterocycles. The maximum absolute atomic E-state index is 11.1. The smallest absolute Gasteiger partial charge is 0.338 e. The van der Waals surface area contributed by atoms with Crippen LogP contribution in [0.2, 0.25) is 0 Å². The number of aliphatic carboxylic acids is 1. The Morgan fingerprint density at radius 1 is 1.00 bits per heavy atom. The van der Waals surface area contributed by atoms with Gasteiger partial charge in [0.05, 0.1) is 12.7 Å². The summed E-state index contributed by atoms with van der Waals surface area (Å²) in [7, 11) is 1.33. The molecule has 0 aliphatic heterocycles. The van der Waals surface area contributed by atoms with Gasteiger partial charge < -0.3 is 14.6 Å². The lowest BCUT2D eigenvalue weighted by Crippen LogP contribution is -2.09. The predicted octanol–water partition coefficient (Wildman–Crippen LogP) is 2.61. The number of hydrogen-bond acceptors (Lipinski definition) is 5. The molecule has 0 unspecified atom stereocenters. The molecule has 0 aromatic heterocycles. The van der Waals surface area contributed by atoms with Crippen LogP contribution in [0.3, 0.4) is 0 Å². The number of carbonyl (C=O) groups excluding carboxylic acids is 2. The third kappa shape index (κ3) is 9.21. The van der Waals surface area contributed by atoms with Crippen LogP contribution in [0, 0.1) is 0 Å². The van der Waals surface area contributed by atoms with E-state index in [1.54, 1.807) is 13.8 Å². The molecule has 6 nitrogen and oxygen atoms in total. The van der Waals surface area contributed by atoms with E-state index in [0.717, 1.165) is 0 Å². The van der Waals surface area contributed by atoms with E-state index in [2.05, 4.69) is 17.9 Å².